The largest absolute Gasteiger partial charge is 0.351 e. The molecule has 1 aromatic rings. The Morgan fingerprint density at radius 2 is 2.00 bits per heavy atom. The predicted molar refractivity (Wildman–Crippen MR) is 92.5 cm³/mol. The minimum atomic E-state index is 0.343. The number of anilines is 1. The maximum absolute atomic E-state index is 4.93. The van der Waals surface area contributed by atoms with Crippen molar-refractivity contribution in [3.05, 3.63) is 10.6 Å². The van der Waals surface area contributed by atoms with E-state index in [1.165, 1.54) is 28.5 Å². The van der Waals surface area contributed by atoms with Crippen molar-refractivity contribution in [2.24, 2.45) is 5.41 Å². The van der Waals surface area contributed by atoms with Crippen molar-refractivity contribution in [3.8, 4) is 0 Å². The van der Waals surface area contributed by atoms with Crippen LogP contribution < -0.4 is 10.2 Å². The van der Waals surface area contributed by atoms with Crippen LogP contribution in [-0.2, 0) is 6.42 Å². The molecule has 0 amide bonds. The van der Waals surface area contributed by atoms with Crippen LogP contribution in [0.25, 0.3) is 0 Å². The van der Waals surface area contributed by atoms with Gasteiger partial charge in [0.15, 0.2) is 5.13 Å². The monoisotopic (exact) mass is 310 g/mol. The van der Waals surface area contributed by atoms with E-state index in [1.807, 2.05) is 11.3 Å². The molecule has 120 valence electrons. The zero-order chi connectivity index (χ0) is 15.6. The van der Waals surface area contributed by atoms with Crippen molar-refractivity contribution in [2.45, 2.75) is 39.2 Å². The number of rotatable bonds is 6. The summed E-state index contributed by atoms with van der Waals surface area (Å²) in [6.07, 6.45) is 3.47. The summed E-state index contributed by atoms with van der Waals surface area (Å²) >= 11 is 1.87. The molecule has 0 spiro atoms. The van der Waals surface area contributed by atoms with Gasteiger partial charge in [-0.25, -0.2) is 4.98 Å². The molecule has 1 unspecified atom stereocenters. The molecular weight excluding hydrogens is 280 g/mol. The topological polar surface area (TPSA) is 31.4 Å². The summed E-state index contributed by atoms with van der Waals surface area (Å²) in [6.45, 7) is 6.89. The Morgan fingerprint density at radius 3 is 2.62 bits per heavy atom. The van der Waals surface area contributed by atoms with Gasteiger partial charge >= 0.3 is 0 Å². The number of fused-ring (bicyclic) bond motifs is 1. The van der Waals surface area contributed by atoms with Crippen molar-refractivity contribution < 1.29 is 0 Å². The maximum atomic E-state index is 4.93. The number of aromatic nitrogens is 1. The van der Waals surface area contributed by atoms with Crippen molar-refractivity contribution in [2.75, 3.05) is 46.2 Å². The maximum Gasteiger partial charge on any atom is 0.185 e. The van der Waals surface area contributed by atoms with E-state index in [2.05, 4.69) is 57.2 Å². The van der Waals surface area contributed by atoms with E-state index < -0.39 is 0 Å². The molecule has 21 heavy (non-hydrogen) atoms. The molecule has 2 rings (SSSR count). The Bertz CT molecular complexity index is 467. The van der Waals surface area contributed by atoms with Gasteiger partial charge in [-0.05, 0) is 52.4 Å². The van der Waals surface area contributed by atoms with Crippen LogP contribution in [0.15, 0.2) is 0 Å². The number of hydrogen-bond donors (Lipinski definition) is 1. The standard InChI is InChI=1S/C16H30N4S/c1-16(2)10-12(17-3)14-13(11-16)18-15(21-14)20(6)9-7-8-19(4)5/h12,17H,7-11H2,1-6H3. The molecule has 0 saturated carbocycles. The van der Waals surface area contributed by atoms with Crippen molar-refractivity contribution in [1.82, 2.24) is 15.2 Å². The first-order valence-electron chi connectivity index (χ1n) is 7.85. The average Bonchev–Trinajstić information content (AvgIpc) is 2.79. The van der Waals surface area contributed by atoms with Gasteiger partial charge in [0.2, 0.25) is 0 Å². The fraction of sp³-hybridized carbons (Fsp3) is 0.812. The van der Waals surface area contributed by atoms with Crippen molar-refractivity contribution in [3.63, 3.8) is 0 Å². The Balaban J connectivity index is 2.08. The second-order valence-electron chi connectivity index (χ2n) is 7.27. The summed E-state index contributed by atoms with van der Waals surface area (Å²) in [6, 6.07) is 0.463. The normalized spacial score (nSPS) is 20.6. The lowest BCUT2D eigenvalue weighted by Crippen LogP contribution is -2.30. The molecule has 0 aliphatic heterocycles. The zero-order valence-electron chi connectivity index (χ0n) is 14.4. The minimum absolute atomic E-state index is 0.343. The van der Waals surface area contributed by atoms with Crippen LogP contribution in [0.1, 0.15) is 43.3 Å². The van der Waals surface area contributed by atoms with Gasteiger partial charge in [-0.15, -0.1) is 0 Å². The highest BCUT2D eigenvalue weighted by molar-refractivity contribution is 7.15. The zero-order valence-corrected chi connectivity index (χ0v) is 15.2. The van der Waals surface area contributed by atoms with E-state index in [0.29, 0.717) is 11.5 Å². The SMILES string of the molecule is CNC1CC(C)(C)Cc2nc(N(C)CCCN(C)C)sc21. The highest BCUT2D eigenvalue weighted by atomic mass is 32.1. The third kappa shape index (κ3) is 4.18. The van der Waals surface area contributed by atoms with Crippen molar-refractivity contribution in [1.29, 1.82) is 0 Å². The molecule has 1 aliphatic rings. The first-order valence-corrected chi connectivity index (χ1v) is 8.67. The second kappa shape index (κ2) is 6.63. The Hall–Kier alpha value is -0.650. The average molecular weight is 311 g/mol. The lowest BCUT2D eigenvalue weighted by Gasteiger charge is -2.34. The van der Waals surface area contributed by atoms with E-state index in [0.717, 1.165) is 19.5 Å². The Kier molecular flexibility index (Phi) is 5.28. The van der Waals surface area contributed by atoms with E-state index >= 15 is 0 Å². The fourth-order valence-corrected chi connectivity index (χ4v) is 4.22. The quantitative estimate of drug-likeness (QED) is 0.875. The molecule has 5 heteroatoms. The summed E-state index contributed by atoms with van der Waals surface area (Å²) in [5.74, 6) is 0. The Labute approximate surface area is 133 Å². The predicted octanol–water partition coefficient (Wildman–Crippen LogP) is 2.76. The lowest BCUT2D eigenvalue weighted by molar-refractivity contribution is 0.265. The lowest BCUT2D eigenvalue weighted by atomic mass is 9.76. The van der Waals surface area contributed by atoms with Crippen LogP contribution in [0.5, 0.6) is 0 Å². The van der Waals surface area contributed by atoms with Crippen molar-refractivity contribution >= 4 is 16.5 Å². The summed E-state index contributed by atoms with van der Waals surface area (Å²) in [5.41, 5.74) is 1.65. The van der Waals surface area contributed by atoms with Crippen LogP contribution in [0.3, 0.4) is 0 Å². The van der Waals surface area contributed by atoms with Gasteiger partial charge in [-0.3, -0.25) is 0 Å². The molecule has 1 aromatic heterocycles. The fourth-order valence-electron chi connectivity index (χ4n) is 3.04. The van der Waals surface area contributed by atoms with Gasteiger partial charge < -0.3 is 15.1 Å². The van der Waals surface area contributed by atoms with Gasteiger partial charge in [-0.2, -0.15) is 0 Å². The van der Waals surface area contributed by atoms with Crippen LogP contribution in [0.2, 0.25) is 0 Å². The molecule has 4 nitrogen and oxygen atoms in total. The molecule has 1 heterocycles. The van der Waals surface area contributed by atoms with Gasteiger partial charge in [0, 0.05) is 24.5 Å². The van der Waals surface area contributed by atoms with Crippen LogP contribution >= 0.6 is 11.3 Å². The molecule has 0 aromatic carbocycles. The summed E-state index contributed by atoms with van der Waals surface area (Å²) in [7, 11) is 8.49. The van der Waals surface area contributed by atoms with Gasteiger partial charge in [0.25, 0.3) is 0 Å². The highest BCUT2D eigenvalue weighted by Crippen LogP contribution is 2.44. The number of nitrogens with zero attached hydrogens (tertiary/aromatic N) is 3. The smallest absolute Gasteiger partial charge is 0.185 e. The molecule has 1 aliphatic carbocycles. The van der Waals surface area contributed by atoms with E-state index in [-0.39, 0.29) is 0 Å². The Morgan fingerprint density at radius 1 is 1.29 bits per heavy atom. The third-order valence-electron chi connectivity index (χ3n) is 4.21. The molecule has 1 atom stereocenters. The highest BCUT2D eigenvalue weighted by Gasteiger charge is 2.34. The second-order valence-corrected chi connectivity index (χ2v) is 8.28. The first kappa shape index (κ1) is 16.7. The number of hydrogen-bond acceptors (Lipinski definition) is 5. The van der Waals surface area contributed by atoms with E-state index in [1.54, 1.807) is 0 Å². The van der Waals surface area contributed by atoms with Gasteiger partial charge in [0.1, 0.15) is 0 Å². The molecule has 0 bridgehead atoms. The molecule has 1 N–H and O–H groups in total. The van der Waals surface area contributed by atoms with Crippen LogP contribution in [0, 0.1) is 5.41 Å². The summed E-state index contributed by atoms with van der Waals surface area (Å²) < 4.78 is 0. The number of nitrogens with one attached hydrogen (secondary N) is 1. The van der Waals surface area contributed by atoms with Crippen LogP contribution in [-0.4, -0.2) is 51.2 Å². The molecule has 0 radical (unpaired) electrons. The number of thiazole rings is 1. The third-order valence-corrected chi connectivity index (χ3v) is 5.53. The molecular formula is C16H30N4S. The first-order chi connectivity index (χ1) is 9.82. The summed E-state index contributed by atoms with van der Waals surface area (Å²) in [5, 5.41) is 4.65. The van der Waals surface area contributed by atoms with Crippen LogP contribution in [0.4, 0.5) is 5.13 Å². The van der Waals surface area contributed by atoms with E-state index in [4.69, 9.17) is 4.98 Å². The molecule has 0 fully saturated rings. The molecule has 0 saturated heterocycles. The summed E-state index contributed by atoms with van der Waals surface area (Å²) in [4.78, 5) is 10.9. The van der Waals surface area contributed by atoms with Gasteiger partial charge in [0.05, 0.1) is 5.69 Å². The minimum Gasteiger partial charge on any atom is -0.351 e. The van der Waals surface area contributed by atoms with Gasteiger partial charge in [-0.1, -0.05) is 25.2 Å². The van der Waals surface area contributed by atoms with E-state index in [9.17, 15) is 0 Å².